The largest absolute Gasteiger partial charge is 0.331 e. The van der Waals surface area contributed by atoms with Gasteiger partial charge in [0.25, 0.3) is 0 Å². The molecule has 1 amide bonds. The number of nitrogens with two attached hydrogens (primary N) is 1. The molecule has 1 atom stereocenters. The maximum atomic E-state index is 11.9. The molecule has 1 aliphatic carbocycles. The van der Waals surface area contributed by atoms with Gasteiger partial charge in [-0.05, 0) is 49.8 Å². The van der Waals surface area contributed by atoms with Crippen LogP contribution in [0.1, 0.15) is 13.3 Å². The summed E-state index contributed by atoms with van der Waals surface area (Å²) in [5, 5.41) is 7.89. The first-order valence-corrected chi connectivity index (χ1v) is 9.05. The quantitative estimate of drug-likeness (QED) is 0.347. The zero-order valence-electron chi connectivity index (χ0n) is 11.9. The second kappa shape index (κ2) is 6.06. The average molecular weight is 397 g/mol. The Labute approximate surface area is 148 Å². The van der Waals surface area contributed by atoms with Crippen LogP contribution in [-0.2, 0) is 14.8 Å². The summed E-state index contributed by atoms with van der Waals surface area (Å²) in [5.74, 6) is -0.378. The molecule has 1 aromatic carbocycles. The highest BCUT2D eigenvalue weighted by Gasteiger charge is 2.68. The zero-order valence-corrected chi connectivity index (χ0v) is 15.0. The Kier molecular flexibility index (Phi) is 4.80. The molecule has 0 aliphatic heterocycles. The molecular weight excluding hydrogens is 383 g/mol. The minimum absolute atomic E-state index is 0.0162. The van der Waals surface area contributed by atoms with Crippen LogP contribution in [0.25, 0.3) is 0 Å². The van der Waals surface area contributed by atoms with Crippen LogP contribution in [-0.4, -0.2) is 23.8 Å². The predicted molar refractivity (Wildman–Crippen MR) is 92.5 cm³/mol. The molecule has 2 rings (SSSR count). The number of halogens is 2. The molecular formula is C12H14Cl2N4O3S2. The zero-order chi connectivity index (χ0) is 17.5. The molecule has 0 radical (unpaired) electrons. The number of carbonyl (C=O) groups is 1. The SMILES string of the molecule is C[C@@]1(C(=O)NNC(=S)Nc2ccc(S(N)(=O)=O)cc2)CC1(Cl)Cl. The number of hydrazine groups is 1. The lowest BCUT2D eigenvalue weighted by atomic mass is 10.1. The van der Waals surface area contributed by atoms with Crippen molar-refractivity contribution in [3.63, 3.8) is 0 Å². The number of sulfonamides is 1. The normalized spacial score (nSPS) is 22.1. The van der Waals surface area contributed by atoms with Crippen molar-refractivity contribution in [2.75, 3.05) is 5.32 Å². The molecule has 0 aromatic heterocycles. The van der Waals surface area contributed by atoms with Gasteiger partial charge in [-0.25, -0.2) is 13.6 Å². The minimum Gasteiger partial charge on any atom is -0.331 e. The Morgan fingerprint density at radius 3 is 2.22 bits per heavy atom. The van der Waals surface area contributed by atoms with Gasteiger partial charge in [0.15, 0.2) is 5.11 Å². The van der Waals surface area contributed by atoms with Crippen molar-refractivity contribution in [3.05, 3.63) is 24.3 Å². The number of hydrogen-bond donors (Lipinski definition) is 4. The fourth-order valence-corrected chi connectivity index (χ4v) is 3.18. The van der Waals surface area contributed by atoms with Gasteiger partial charge in [0, 0.05) is 5.69 Å². The summed E-state index contributed by atoms with van der Waals surface area (Å²) in [7, 11) is -3.75. The van der Waals surface area contributed by atoms with E-state index in [1.54, 1.807) is 6.92 Å². The molecule has 1 aliphatic rings. The maximum Gasteiger partial charge on any atom is 0.247 e. The summed E-state index contributed by atoms with van der Waals surface area (Å²) in [6, 6.07) is 5.64. The lowest BCUT2D eigenvalue weighted by Gasteiger charge is -2.15. The number of amides is 1. The van der Waals surface area contributed by atoms with Crippen molar-refractivity contribution in [2.45, 2.75) is 22.6 Å². The first-order chi connectivity index (χ1) is 10.5. The van der Waals surface area contributed by atoms with Crippen molar-refractivity contribution in [1.82, 2.24) is 10.9 Å². The Bertz CT molecular complexity index is 752. The number of primary sulfonamides is 1. The Morgan fingerprint density at radius 2 is 1.78 bits per heavy atom. The van der Waals surface area contributed by atoms with Crippen molar-refractivity contribution >= 4 is 62.2 Å². The fourth-order valence-electron chi connectivity index (χ4n) is 1.79. The van der Waals surface area contributed by atoms with Crippen LogP contribution < -0.4 is 21.3 Å². The molecule has 23 heavy (non-hydrogen) atoms. The van der Waals surface area contributed by atoms with Crippen LogP contribution in [0.4, 0.5) is 5.69 Å². The van der Waals surface area contributed by atoms with E-state index >= 15 is 0 Å². The first-order valence-electron chi connectivity index (χ1n) is 6.34. The van der Waals surface area contributed by atoms with Crippen molar-refractivity contribution in [2.24, 2.45) is 10.6 Å². The lowest BCUT2D eigenvalue weighted by Crippen LogP contribution is -2.47. The molecule has 5 N–H and O–H groups in total. The summed E-state index contributed by atoms with van der Waals surface area (Å²) in [4.78, 5) is 11.9. The fraction of sp³-hybridized carbons (Fsp3) is 0.333. The molecule has 0 saturated heterocycles. The molecule has 0 heterocycles. The second-order valence-corrected chi connectivity index (χ2v) is 8.77. The van der Waals surface area contributed by atoms with Gasteiger partial charge in [-0.15, -0.1) is 23.2 Å². The number of thiocarbonyl (C=S) groups is 1. The van der Waals surface area contributed by atoms with E-state index in [0.717, 1.165) is 0 Å². The minimum atomic E-state index is -3.75. The summed E-state index contributed by atoms with van der Waals surface area (Å²) in [5.41, 5.74) is 4.59. The highest BCUT2D eigenvalue weighted by atomic mass is 35.5. The van der Waals surface area contributed by atoms with E-state index in [0.29, 0.717) is 12.1 Å². The van der Waals surface area contributed by atoms with E-state index in [9.17, 15) is 13.2 Å². The number of anilines is 1. The van der Waals surface area contributed by atoms with Crippen LogP contribution in [0.5, 0.6) is 0 Å². The highest BCUT2D eigenvalue weighted by molar-refractivity contribution is 7.89. The van der Waals surface area contributed by atoms with Gasteiger partial charge >= 0.3 is 0 Å². The van der Waals surface area contributed by atoms with Gasteiger partial charge in [-0.1, -0.05) is 0 Å². The first kappa shape index (κ1) is 18.2. The molecule has 0 unspecified atom stereocenters. The van der Waals surface area contributed by atoms with Gasteiger partial charge in [-0.2, -0.15) is 0 Å². The lowest BCUT2D eigenvalue weighted by molar-refractivity contribution is -0.126. The highest BCUT2D eigenvalue weighted by Crippen LogP contribution is 2.63. The van der Waals surface area contributed by atoms with E-state index < -0.39 is 19.8 Å². The third kappa shape index (κ3) is 4.04. The number of alkyl halides is 2. The molecule has 0 spiro atoms. The molecule has 1 saturated carbocycles. The molecule has 126 valence electrons. The van der Waals surface area contributed by atoms with Gasteiger partial charge < -0.3 is 5.32 Å². The van der Waals surface area contributed by atoms with Crippen molar-refractivity contribution in [3.8, 4) is 0 Å². The third-order valence-electron chi connectivity index (χ3n) is 3.49. The predicted octanol–water partition coefficient (Wildman–Crippen LogP) is 1.24. The Balaban J connectivity index is 1.87. The van der Waals surface area contributed by atoms with E-state index in [4.69, 9.17) is 40.6 Å². The number of nitrogens with one attached hydrogen (secondary N) is 3. The Hall–Kier alpha value is -1.13. The number of carbonyl (C=O) groups excluding carboxylic acids is 1. The number of hydrogen-bond acceptors (Lipinski definition) is 4. The van der Waals surface area contributed by atoms with Crippen LogP contribution in [0, 0.1) is 5.41 Å². The van der Waals surface area contributed by atoms with Gasteiger partial charge in [-0.3, -0.25) is 15.6 Å². The van der Waals surface area contributed by atoms with E-state index in [1.165, 1.54) is 24.3 Å². The van der Waals surface area contributed by atoms with E-state index in [2.05, 4.69) is 16.2 Å². The van der Waals surface area contributed by atoms with Crippen molar-refractivity contribution in [1.29, 1.82) is 0 Å². The second-order valence-electron chi connectivity index (χ2n) is 5.32. The maximum absolute atomic E-state index is 11.9. The van der Waals surface area contributed by atoms with Crippen molar-refractivity contribution < 1.29 is 13.2 Å². The van der Waals surface area contributed by atoms with Crippen LogP contribution in [0.3, 0.4) is 0 Å². The van der Waals surface area contributed by atoms with E-state index in [1.807, 2.05) is 0 Å². The van der Waals surface area contributed by atoms with Gasteiger partial charge in [0.1, 0.15) is 4.33 Å². The van der Waals surface area contributed by atoms with Gasteiger partial charge in [0.2, 0.25) is 15.9 Å². The summed E-state index contributed by atoms with van der Waals surface area (Å²) >= 11 is 16.8. The summed E-state index contributed by atoms with van der Waals surface area (Å²) < 4.78 is 21.2. The van der Waals surface area contributed by atoms with Crippen LogP contribution >= 0.6 is 35.4 Å². The van der Waals surface area contributed by atoms with Crippen LogP contribution in [0.2, 0.25) is 0 Å². The smallest absolute Gasteiger partial charge is 0.247 e. The molecule has 1 fully saturated rings. The standard InChI is InChI=1S/C12H14Cl2N4O3S2/c1-11(6-12(11,13)14)9(19)17-18-10(22)16-7-2-4-8(5-3-7)23(15,20)21/h2-5H,6H2,1H3,(H,17,19)(H2,15,20,21)(H2,16,18,22)/t11-/m0/s1. The molecule has 0 bridgehead atoms. The Morgan fingerprint density at radius 1 is 1.26 bits per heavy atom. The summed E-state index contributed by atoms with van der Waals surface area (Å²) in [6.07, 6.45) is 0.353. The van der Waals surface area contributed by atoms with E-state index in [-0.39, 0.29) is 15.9 Å². The monoisotopic (exact) mass is 396 g/mol. The molecule has 1 aromatic rings. The van der Waals surface area contributed by atoms with Crippen LogP contribution in [0.15, 0.2) is 29.2 Å². The number of benzene rings is 1. The average Bonchev–Trinajstić information content (AvgIpc) is 2.96. The number of rotatable bonds is 3. The molecule has 7 nitrogen and oxygen atoms in total. The molecule has 11 heteroatoms. The summed E-state index contributed by atoms with van der Waals surface area (Å²) in [6.45, 7) is 1.65. The topological polar surface area (TPSA) is 113 Å². The van der Waals surface area contributed by atoms with Gasteiger partial charge in [0.05, 0.1) is 10.3 Å². The third-order valence-corrected chi connectivity index (χ3v) is 5.72.